The summed E-state index contributed by atoms with van der Waals surface area (Å²) in [6.45, 7) is 16.4. The normalized spacial score (nSPS) is 47.4. The molecule has 1 aliphatic heterocycles. The number of aliphatic hydroxyl groups is 5. The zero-order valence-electron chi connectivity index (χ0n) is 31.7. The highest BCUT2D eigenvalue weighted by Gasteiger charge is 2.70. The molecule has 0 bridgehead atoms. The minimum atomic E-state index is -1.63. The molecule has 5 fully saturated rings. The Hall–Kier alpha value is -2.00. The summed E-state index contributed by atoms with van der Waals surface area (Å²) in [5.41, 5.74) is 0.505. The maximum Gasteiger partial charge on any atom is 0.313 e. The van der Waals surface area contributed by atoms with Crippen LogP contribution in [0.25, 0.3) is 0 Å². The number of hydrogen-bond acceptors (Lipinski definition) is 10. The molecular weight excluding hydrogens is 652 g/mol. The first-order valence-corrected chi connectivity index (χ1v) is 19.3. The number of hydrogen-bond donors (Lipinski definition) is 5. The van der Waals surface area contributed by atoms with Crippen LogP contribution in [-0.4, -0.2) is 88.0 Å². The Balaban J connectivity index is 1.29. The summed E-state index contributed by atoms with van der Waals surface area (Å²) < 4.78 is 16.5. The Kier molecular flexibility index (Phi) is 10.2. The van der Waals surface area contributed by atoms with E-state index in [1.807, 2.05) is 0 Å². The summed E-state index contributed by atoms with van der Waals surface area (Å²) in [5.74, 6) is 5.71. The Labute approximate surface area is 303 Å². The van der Waals surface area contributed by atoms with Gasteiger partial charge in [-0.15, -0.1) is 0 Å². The lowest BCUT2D eigenvalue weighted by Crippen LogP contribution is -2.67. The van der Waals surface area contributed by atoms with Crippen molar-refractivity contribution in [2.45, 2.75) is 149 Å². The maximum atomic E-state index is 14.0. The zero-order valence-corrected chi connectivity index (χ0v) is 31.7. The highest BCUT2D eigenvalue weighted by atomic mass is 16.7. The monoisotopic (exact) mass is 714 g/mol. The smallest absolute Gasteiger partial charge is 0.313 e. The number of esters is 1. The van der Waals surface area contributed by atoms with Gasteiger partial charge in [-0.3, -0.25) is 9.59 Å². The predicted octanol–water partition coefficient (Wildman–Crippen LogP) is 4.28. The lowest BCUT2D eigenvalue weighted by Gasteiger charge is -2.71. The minimum absolute atomic E-state index is 0.0000506. The molecule has 10 heteroatoms. The van der Waals surface area contributed by atoms with E-state index in [-0.39, 0.29) is 70.5 Å². The number of allylic oxidation sites excluding steroid dienone is 2. The molecule has 14 atom stereocenters. The van der Waals surface area contributed by atoms with Crippen LogP contribution in [0.2, 0.25) is 0 Å². The van der Waals surface area contributed by atoms with E-state index in [2.05, 4.69) is 66.4 Å². The van der Waals surface area contributed by atoms with Gasteiger partial charge in [0.15, 0.2) is 6.61 Å². The van der Waals surface area contributed by atoms with Crippen molar-refractivity contribution in [3.05, 3.63) is 11.6 Å². The van der Waals surface area contributed by atoms with Gasteiger partial charge in [-0.1, -0.05) is 72.0 Å². The Morgan fingerprint density at radius 3 is 2.33 bits per heavy atom. The Morgan fingerprint density at radius 1 is 0.941 bits per heavy atom. The van der Waals surface area contributed by atoms with Crippen molar-refractivity contribution in [2.24, 2.45) is 56.2 Å². The van der Waals surface area contributed by atoms with Gasteiger partial charge in [-0.25, -0.2) is 0 Å². The van der Waals surface area contributed by atoms with E-state index in [1.165, 1.54) is 5.57 Å². The van der Waals surface area contributed by atoms with Crippen LogP contribution in [0.1, 0.15) is 113 Å². The average Bonchev–Trinajstić information content (AvgIpc) is 3.06. The highest BCUT2D eigenvalue weighted by molar-refractivity contribution is 5.79. The summed E-state index contributed by atoms with van der Waals surface area (Å²) in [7, 11) is 0. The van der Waals surface area contributed by atoms with Gasteiger partial charge in [-0.05, 0) is 115 Å². The molecule has 5 aliphatic carbocycles. The molecule has 6 aliphatic rings. The van der Waals surface area contributed by atoms with Gasteiger partial charge in [-0.2, -0.15) is 0 Å². The van der Waals surface area contributed by atoms with E-state index in [0.717, 1.165) is 57.8 Å². The lowest BCUT2D eigenvalue weighted by molar-refractivity contribution is -0.308. The van der Waals surface area contributed by atoms with Crippen LogP contribution in [0.5, 0.6) is 0 Å². The van der Waals surface area contributed by atoms with Crippen molar-refractivity contribution in [3.63, 3.8) is 0 Å². The second kappa shape index (κ2) is 13.4. The van der Waals surface area contributed by atoms with Gasteiger partial charge in [0.2, 0.25) is 6.29 Å². The molecule has 0 aromatic carbocycles. The molecule has 10 nitrogen and oxygen atoms in total. The molecule has 1 saturated heterocycles. The highest BCUT2D eigenvalue weighted by Crippen LogP contribution is 2.76. The number of ether oxygens (including phenoxy) is 3. The Bertz CT molecular complexity index is 1440. The predicted molar refractivity (Wildman–Crippen MR) is 188 cm³/mol. The molecule has 0 radical (unpaired) electrons. The topological polar surface area (TPSA) is 163 Å². The van der Waals surface area contributed by atoms with Crippen LogP contribution in [0.3, 0.4) is 0 Å². The number of fused-ring (bicyclic) bond motifs is 7. The van der Waals surface area contributed by atoms with E-state index in [9.17, 15) is 30.0 Å². The minimum Gasteiger partial charge on any atom is -0.452 e. The molecule has 5 unspecified atom stereocenters. The van der Waals surface area contributed by atoms with Gasteiger partial charge in [0, 0.05) is 0 Å². The molecule has 0 aromatic heterocycles. The van der Waals surface area contributed by atoms with Gasteiger partial charge in [0.1, 0.15) is 31.0 Å². The SMILES string of the molecule is CC1(C)CC[C@]2(C(=O)OCC#CCO)CC[C@]3(C)C(=CCC4[C@@]5(C)CC[C@H]([C@H](O)[C@@H]6OC(OC=O)[C@@H](O)[C@H](O)C6O)C(C)(C)C5CC[C@]43C)C2C1. The van der Waals surface area contributed by atoms with Crippen LogP contribution in [0.15, 0.2) is 11.6 Å². The van der Waals surface area contributed by atoms with Gasteiger partial charge >= 0.3 is 5.97 Å². The summed E-state index contributed by atoms with van der Waals surface area (Å²) >= 11 is 0. The second-order valence-corrected chi connectivity index (χ2v) is 19.1. The fourth-order valence-electron chi connectivity index (χ4n) is 13.2. The van der Waals surface area contributed by atoms with Crippen molar-refractivity contribution in [3.8, 4) is 11.8 Å². The van der Waals surface area contributed by atoms with Crippen LogP contribution in [-0.2, 0) is 23.8 Å². The van der Waals surface area contributed by atoms with Crippen LogP contribution in [0, 0.1) is 68.0 Å². The van der Waals surface area contributed by atoms with Crippen LogP contribution in [0.4, 0.5) is 0 Å². The van der Waals surface area contributed by atoms with Crippen molar-refractivity contribution in [2.75, 3.05) is 13.2 Å². The van der Waals surface area contributed by atoms with E-state index < -0.39 is 42.2 Å². The largest absolute Gasteiger partial charge is 0.452 e. The molecule has 4 saturated carbocycles. The second-order valence-electron chi connectivity index (χ2n) is 19.1. The van der Waals surface area contributed by atoms with Crippen LogP contribution >= 0.6 is 0 Å². The summed E-state index contributed by atoms with van der Waals surface area (Å²) in [4.78, 5) is 25.1. The number of rotatable bonds is 6. The Morgan fingerprint density at radius 2 is 1.65 bits per heavy atom. The molecule has 6 rings (SSSR count). The third-order valence-corrected chi connectivity index (χ3v) is 16.2. The molecule has 5 N–H and O–H groups in total. The number of carbonyl (C=O) groups excluding carboxylic acids is 2. The standard InChI is InChI=1S/C41H62O10/c1-36(2)16-18-41(35(48)49-21-9-8-20-42)19-17-39(6)24(26(41)22-36)10-11-28-38(5)14-12-25(37(3,4)27(38)13-15-40(28,39)7)29(44)33-31(46)30(45)32(47)34(51-33)50-23-43/h10,23,25-34,42,44-47H,11-22H2,1-7H3/t25-,26?,27?,28?,29+,30-,31?,32+,33+,34?,38+,39-,40-,41+/m1/s1. The molecule has 0 spiro atoms. The summed E-state index contributed by atoms with van der Waals surface area (Å²) in [6.07, 6.45) is 2.76. The van der Waals surface area contributed by atoms with E-state index in [1.54, 1.807) is 0 Å². The van der Waals surface area contributed by atoms with Gasteiger partial charge in [0.25, 0.3) is 6.47 Å². The molecule has 286 valence electrons. The number of carbonyl (C=O) groups is 2. The third-order valence-electron chi connectivity index (χ3n) is 16.2. The van der Waals surface area contributed by atoms with Crippen molar-refractivity contribution >= 4 is 12.4 Å². The fourth-order valence-corrected chi connectivity index (χ4v) is 13.2. The molecule has 51 heavy (non-hydrogen) atoms. The van der Waals surface area contributed by atoms with Crippen LogP contribution < -0.4 is 0 Å². The zero-order chi connectivity index (χ0) is 37.4. The van der Waals surface area contributed by atoms with Gasteiger partial charge in [0.05, 0.1) is 11.5 Å². The molecule has 0 amide bonds. The van der Waals surface area contributed by atoms with Crippen molar-refractivity contribution in [1.82, 2.24) is 0 Å². The van der Waals surface area contributed by atoms with Gasteiger partial charge < -0.3 is 39.7 Å². The first kappa shape index (κ1) is 38.7. The number of aliphatic hydroxyl groups excluding tert-OH is 5. The summed E-state index contributed by atoms with van der Waals surface area (Å²) in [5, 5.41) is 52.8. The van der Waals surface area contributed by atoms with E-state index in [4.69, 9.17) is 19.3 Å². The molecule has 0 aromatic rings. The average molecular weight is 715 g/mol. The third kappa shape index (κ3) is 5.83. The molecule has 1 heterocycles. The van der Waals surface area contributed by atoms with E-state index >= 15 is 0 Å². The van der Waals surface area contributed by atoms with Crippen molar-refractivity contribution in [1.29, 1.82) is 0 Å². The quantitative estimate of drug-likeness (QED) is 0.116. The fraction of sp³-hybridized carbons (Fsp3) is 0.854. The van der Waals surface area contributed by atoms with Crippen molar-refractivity contribution < 1.29 is 49.3 Å². The molecular formula is C41H62O10. The first-order valence-electron chi connectivity index (χ1n) is 19.3. The maximum absolute atomic E-state index is 14.0. The lowest BCUT2D eigenvalue weighted by atomic mass is 9.33. The first-order chi connectivity index (χ1) is 23.8. The van der Waals surface area contributed by atoms with E-state index in [0.29, 0.717) is 12.3 Å². The summed E-state index contributed by atoms with van der Waals surface area (Å²) in [6, 6.07) is 0.